The van der Waals surface area contributed by atoms with E-state index in [4.69, 9.17) is 11.6 Å². The van der Waals surface area contributed by atoms with E-state index in [2.05, 4.69) is 0 Å². The highest BCUT2D eigenvalue weighted by atomic mass is 127. The van der Waals surface area contributed by atoms with Crippen molar-refractivity contribution in [1.82, 2.24) is 0 Å². The first-order valence-corrected chi connectivity index (χ1v) is 4.21. The van der Waals surface area contributed by atoms with Crippen LogP contribution in [0, 0.1) is 10.5 Å². The Balaban J connectivity index is 3.31. The molecule has 0 radical (unpaired) electrons. The number of aromatic hydroxyl groups is 1. The Labute approximate surface area is 78.2 Å². The molecule has 0 heterocycles. The Bertz CT molecular complexity index is 237. The summed E-state index contributed by atoms with van der Waals surface area (Å²) in [6, 6.07) is 3.51. The molecule has 0 atom stereocenters. The molecule has 0 aliphatic rings. The SMILES string of the molecule is Cc1cc(O)c(I)c(Cl)c1. The van der Waals surface area contributed by atoms with Crippen LogP contribution in [-0.2, 0) is 0 Å². The van der Waals surface area contributed by atoms with Crippen molar-refractivity contribution in [3.8, 4) is 5.75 Å². The summed E-state index contributed by atoms with van der Waals surface area (Å²) in [4.78, 5) is 0. The summed E-state index contributed by atoms with van der Waals surface area (Å²) in [6.07, 6.45) is 0. The third-order valence-corrected chi connectivity index (χ3v) is 2.90. The van der Waals surface area contributed by atoms with Crippen LogP contribution in [0.2, 0.25) is 5.02 Å². The first-order chi connectivity index (χ1) is 4.61. The second kappa shape index (κ2) is 2.96. The molecule has 0 unspecified atom stereocenters. The highest BCUT2D eigenvalue weighted by Gasteiger charge is 2.02. The molecule has 0 fully saturated rings. The monoisotopic (exact) mass is 268 g/mol. The number of phenols is 1. The highest BCUT2D eigenvalue weighted by molar-refractivity contribution is 14.1. The van der Waals surface area contributed by atoms with Crippen molar-refractivity contribution in [1.29, 1.82) is 0 Å². The molecule has 1 aromatic rings. The molecule has 1 N–H and O–H groups in total. The third-order valence-electron chi connectivity index (χ3n) is 1.15. The summed E-state index contributed by atoms with van der Waals surface area (Å²) in [6.45, 7) is 1.89. The third kappa shape index (κ3) is 1.55. The summed E-state index contributed by atoms with van der Waals surface area (Å²) in [5.41, 5.74) is 0.975. The van der Waals surface area contributed by atoms with E-state index in [9.17, 15) is 5.11 Å². The Morgan fingerprint density at radius 1 is 1.50 bits per heavy atom. The fourth-order valence-corrected chi connectivity index (χ4v) is 1.29. The van der Waals surface area contributed by atoms with Gasteiger partial charge in [-0.25, -0.2) is 0 Å². The van der Waals surface area contributed by atoms with Crippen molar-refractivity contribution in [2.45, 2.75) is 6.92 Å². The predicted octanol–water partition coefficient (Wildman–Crippen LogP) is 2.96. The van der Waals surface area contributed by atoms with Gasteiger partial charge in [-0.1, -0.05) is 11.6 Å². The number of benzene rings is 1. The number of hydrogen-bond donors (Lipinski definition) is 1. The smallest absolute Gasteiger partial charge is 0.130 e. The number of halogens is 2. The van der Waals surface area contributed by atoms with Crippen LogP contribution in [0.1, 0.15) is 5.56 Å². The Morgan fingerprint density at radius 2 is 2.10 bits per heavy atom. The van der Waals surface area contributed by atoms with Crippen molar-refractivity contribution < 1.29 is 5.11 Å². The van der Waals surface area contributed by atoms with Crippen molar-refractivity contribution in [3.05, 3.63) is 26.3 Å². The van der Waals surface area contributed by atoms with E-state index in [0.29, 0.717) is 8.59 Å². The fourth-order valence-electron chi connectivity index (χ4n) is 0.706. The first kappa shape index (κ1) is 8.14. The fraction of sp³-hybridized carbons (Fsp3) is 0.143. The van der Waals surface area contributed by atoms with Crippen LogP contribution in [0.15, 0.2) is 12.1 Å². The van der Waals surface area contributed by atoms with E-state index in [1.165, 1.54) is 0 Å². The predicted molar refractivity (Wildman–Crippen MR) is 50.6 cm³/mol. The topological polar surface area (TPSA) is 20.2 Å². The van der Waals surface area contributed by atoms with Gasteiger partial charge < -0.3 is 5.11 Å². The van der Waals surface area contributed by atoms with Crippen LogP contribution in [-0.4, -0.2) is 5.11 Å². The normalized spacial score (nSPS) is 9.90. The molecule has 0 aromatic heterocycles. The average Bonchev–Trinajstić information content (AvgIpc) is 1.82. The van der Waals surface area contributed by atoms with Gasteiger partial charge in [0.2, 0.25) is 0 Å². The van der Waals surface area contributed by atoms with Crippen LogP contribution in [0.5, 0.6) is 5.75 Å². The van der Waals surface area contributed by atoms with Crippen LogP contribution in [0.3, 0.4) is 0 Å². The molecule has 0 amide bonds. The maximum atomic E-state index is 9.19. The van der Waals surface area contributed by atoms with Gasteiger partial charge in [-0.2, -0.15) is 0 Å². The molecule has 0 aliphatic carbocycles. The minimum Gasteiger partial charge on any atom is -0.507 e. The maximum absolute atomic E-state index is 9.19. The average molecular weight is 268 g/mol. The summed E-state index contributed by atoms with van der Waals surface area (Å²) < 4.78 is 0.713. The molecule has 1 nitrogen and oxygen atoms in total. The minimum absolute atomic E-state index is 0.255. The lowest BCUT2D eigenvalue weighted by molar-refractivity contribution is 0.471. The van der Waals surface area contributed by atoms with Crippen LogP contribution in [0.25, 0.3) is 0 Å². The number of rotatable bonds is 0. The molecule has 3 heteroatoms. The van der Waals surface area contributed by atoms with Gasteiger partial charge in [0.1, 0.15) is 5.75 Å². The molecule has 1 aromatic carbocycles. The molecule has 0 bridgehead atoms. The molecule has 1 rings (SSSR count). The van der Waals surface area contributed by atoms with Gasteiger partial charge in [0.15, 0.2) is 0 Å². The number of phenolic OH excluding ortho intramolecular Hbond substituents is 1. The molecular weight excluding hydrogens is 262 g/mol. The summed E-state index contributed by atoms with van der Waals surface area (Å²) >= 11 is 7.76. The Hall–Kier alpha value is 0.0400. The van der Waals surface area contributed by atoms with E-state index in [1.807, 2.05) is 35.6 Å². The van der Waals surface area contributed by atoms with Gasteiger partial charge >= 0.3 is 0 Å². The molecule has 0 saturated carbocycles. The first-order valence-electron chi connectivity index (χ1n) is 2.76. The zero-order chi connectivity index (χ0) is 7.72. The van der Waals surface area contributed by atoms with E-state index in [1.54, 1.807) is 6.07 Å². The highest BCUT2D eigenvalue weighted by Crippen LogP contribution is 2.28. The van der Waals surface area contributed by atoms with Crippen LogP contribution >= 0.6 is 34.2 Å². The van der Waals surface area contributed by atoms with E-state index in [-0.39, 0.29) is 5.75 Å². The summed E-state index contributed by atoms with van der Waals surface area (Å²) in [7, 11) is 0. The van der Waals surface area contributed by atoms with Crippen LogP contribution < -0.4 is 0 Å². The lowest BCUT2D eigenvalue weighted by Crippen LogP contribution is -1.78. The number of hydrogen-bond acceptors (Lipinski definition) is 1. The molecule has 0 spiro atoms. The van der Waals surface area contributed by atoms with Gasteiger partial charge in [0, 0.05) is 0 Å². The molecule has 0 saturated heterocycles. The Morgan fingerprint density at radius 3 is 2.60 bits per heavy atom. The summed E-state index contributed by atoms with van der Waals surface area (Å²) in [5, 5.41) is 9.80. The summed E-state index contributed by atoms with van der Waals surface area (Å²) in [5.74, 6) is 0.255. The second-order valence-corrected chi connectivity index (χ2v) is 3.57. The van der Waals surface area contributed by atoms with Crippen molar-refractivity contribution >= 4 is 34.2 Å². The molecule has 54 valence electrons. The quantitative estimate of drug-likeness (QED) is 0.717. The molecule has 0 aliphatic heterocycles. The van der Waals surface area contributed by atoms with E-state index < -0.39 is 0 Å². The van der Waals surface area contributed by atoms with Crippen molar-refractivity contribution in [2.24, 2.45) is 0 Å². The second-order valence-electron chi connectivity index (χ2n) is 2.08. The largest absolute Gasteiger partial charge is 0.507 e. The number of aryl methyl sites for hydroxylation is 1. The van der Waals surface area contributed by atoms with E-state index in [0.717, 1.165) is 5.56 Å². The van der Waals surface area contributed by atoms with Crippen molar-refractivity contribution in [2.75, 3.05) is 0 Å². The Kier molecular flexibility index (Phi) is 2.41. The lowest BCUT2D eigenvalue weighted by atomic mass is 10.2. The van der Waals surface area contributed by atoms with Gasteiger partial charge in [0.25, 0.3) is 0 Å². The van der Waals surface area contributed by atoms with E-state index >= 15 is 0 Å². The van der Waals surface area contributed by atoms with Gasteiger partial charge in [-0.05, 0) is 47.2 Å². The maximum Gasteiger partial charge on any atom is 0.130 e. The van der Waals surface area contributed by atoms with Crippen molar-refractivity contribution in [3.63, 3.8) is 0 Å². The van der Waals surface area contributed by atoms with Crippen LogP contribution in [0.4, 0.5) is 0 Å². The van der Waals surface area contributed by atoms with Gasteiger partial charge in [-0.3, -0.25) is 0 Å². The minimum atomic E-state index is 0.255. The molecule has 10 heavy (non-hydrogen) atoms. The lowest BCUT2D eigenvalue weighted by Gasteiger charge is -2.00. The van der Waals surface area contributed by atoms with Gasteiger partial charge in [-0.15, -0.1) is 0 Å². The molecular formula is C7H6ClIO. The zero-order valence-corrected chi connectivity index (χ0v) is 8.27. The standard InChI is InChI=1S/C7H6ClIO/c1-4-2-5(8)7(9)6(10)3-4/h2-3,10H,1H3. The zero-order valence-electron chi connectivity index (χ0n) is 5.36. The van der Waals surface area contributed by atoms with Gasteiger partial charge in [0.05, 0.1) is 8.59 Å².